The van der Waals surface area contributed by atoms with Gasteiger partial charge in [-0.25, -0.2) is 0 Å². The number of carbonyl (C=O) groups is 1. The first-order chi connectivity index (χ1) is 7.31. The molecule has 0 saturated heterocycles. The van der Waals surface area contributed by atoms with E-state index in [4.69, 9.17) is 4.74 Å². The van der Waals surface area contributed by atoms with Crippen molar-refractivity contribution in [1.29, 1.82) is 0 Å². The lowest BCUT2D eigenvalue weighted by atomic mass is 10.1. The van der Waals surface area contributed by atoms with E-state index in [-0.39, 0.29) is 12.6 Å². The Bertz CT molecular complexity index is 149. The molecule has 0 aromatic carbocycles. The van der Waals surface area contributed by atoms with E-state index in [1.54, 1.807) is 0 Å². The quantitative estimate of drug-likeness (QED) is 0.413. The van der Waals surface area contributed by atoms with E-state index >= 15 is 0 Å². The average Bonchev–Trinajstić information content (AvgIpc) is 2.22. The molecule has 2 nitrogen and oxygen atoms in total. The molecule has 0 atom stereocenters. The summed E-state index contributed by atoms with van der Waals surface area (Å²) in [6.45, 7) is 2.10. The van der Waals surface area contributed by atoms with Gasteiger partial charge in [-0.15, -0.1) is 0 Å². The van der Waals surface area contributed by atoms with Crippen molar-refractivity contribution in [3.8, 4) is 0 Å². The molecule has 0 radical (unpaired) electrons. The summed E-state index contributed by atoms with van der Waals surface area (Å²) < 4.78 is 16.6. The van der Waals surface area contributed by atoms with Gasteiger partial charge in [-0.1, -0.05) is 32.1 Å². The Balaban J connectivity index is 3.01. The zero-order valence-corrected chi connectivity index (χ0v) is 9.77. The van der Waals surface area contributed by atoms with Crippen molar-refractivity contribution < 1.29 is 13.9 Å². The van der Waals surface area contributed by atoms with Gasteiger partial charge in [0.2, 0.25) is 0 Å². The van der Waals surface area contributed by atoms with Gasteiger partial charge in [0, 0.05) is 6.42 Å². The first kappa shape index (κ1) is 14.4. The van der Waals surface area contributed by atoms with Crippen molar-refractivity contribution in [2.45, 2.75) is 58.3 Å². The SMILES string of the molecule is CCOC(=O)CCCCCCCCCF. The van der Waals surface area contributed by atoms with Gasteiger partial charge in [-0.05, 0) is 19.8 Å². The molecule has 0 aromatic rings. The van der Waals surface area contributed by atoms with Crippen LogP contribution in [0.1, 0.15) is 58.3 Å². The monoisotopic (exact) mass is 218 g/mol. The molecule has 0 aliphatic rings. The minimum Gasteiger partial charge on any atom is -0.466 e. The molecule has 90 valence electrons. The van der Waals surface area contributed by atoms with Gasteiger partial charge in [0.25, 0.3) is 0 Å². The Kier molecular flexibility index (Phi) is 11.0. The van der Waals surface area contributed by atoms with E-state index in [1.807, 2.05) is 6.92 Å². The topological polar surface area (TPSA) is 26.3 Å². The lowest BCUT2D eigenvalue weighted by molar-refractivity contribution is -0.143. The summed E-state index contributed by atoms with van der Waals surface area (Å²) in [6, 6.07) is 0. The number of rotatable bonds is 10. The number of hydrogen-bond donors (Lipinski definition) is 0. The number of alkyl halides is 1. The first-order valence-electron chi connectivity index (χ1n) is 6.02. The molecule has 0 bridgehead atoms. The van der Waals surface area contributed by atoms with Gasteiger partial charge in [0.1, 0.15) is 0 Å². The van der Waals surface area contributed by atoms with E-state index in [2.05, 4.69) is 0 Å². The number of unbranched alkanes of at least 4 members (excludes halogenated alkanes) is 6. The van der Waals surface area contributed by atoms with Crippen LogP contribution in [0.25, 0.3) is 0 Å². The van der Waals surface area contributed by atoms with Gasteiger partial charge < -0.3 is 4.74 Å². The van der Waals surface area contributed by atoms with Crippen molar-refractivity contribution in [2.75, 3.05) is 13.3 Å². The van der Waals surface area contributed by atoms with E-state index in [1.165, 1.54) is 0 Å². The Morgan fingerprint density at radius 1 is 1.00 bits per heavy atom. The molecule has 3 heteroatoms. The maximum absolute atomic E-state index is 11.7. The Labute approximate surface area is 92.2 Å². The summed E-state index contributed by atoms with van der Waals surface area (Å²) in [5.74, 6) is -0.0880. The zero-order chi connectivity index (χ0) is 11.4. The first-order valence-corrected chi connectivity index (χ1v) is 6.02. The normalized spacial score (nSPS) is 10.3. The average molecular weight is 218 g/mol. The lowest BCUT2D eigenvalue weighted by Crippen LogP contribution is -2.03. The summed E-state index contributed by atoms with van der Waals surface area (Å²) >= 11 is 0. The fraction of sp³-hybridized carbons (Fsp3) is 0.917. The fourth-order valence-electron chi connectivity index (χ4n) is 1.48. The smallest absolute Gasteiger partial charge is 0.305 e. The molecule has 0 unspecified atom stereocenters. The molecule has 0 N–H and O–H groups in total. The molecule has 0 aromatic heterocycles. The fourth-order valence-corrected chi connectivity index (χ4v) is 1.48. The van der Waals surface area contributed by atoms with E-state index in [0.717, 1.165) is 38.5 Å². The highest BCUT2D eigenvalue weighted by Crippen LogP contribution is 2.08. The summed E-state index contributed by atoms with van der Waals surface area (Å²) in [5, 5.41) is 0. The van der Waals surface area contributed by atoms with E-state index < -0.39 is 0 Å². The molecule has 0 aliphatic carbocycles. The summed E-state index contributed by atoms with van der Waals surface area (Å²) in [6.07, 6.45) is 7.64. The van der Waals surface area contributed by atoms with Crippen LogP contribution in [0.5, 0.6) is 0 Å². The van der Waals surface area contributed by atoms with Crippen molar-refractivity contribution in [1.82, 2.24) is 0 Å². The summed E-state index contributed by atoms with van der Waals surface area (Å²) in [5.41, 5.74) is 0. The molecule has 0 fully saturated rings. The number of esters is 1. The summed E-state index contributed by atoms with van der Waals surface area (Å²) in [4.78, 5) is 11.0. The largest absolute Gasteiger partial charge is 0.466 e. The molecule has 0 rings (SSSR count). The zero-order valence-electron chi connectivity index (χ0n) is 9.77. The predicted octanol–water partition coefficient (Wildman–Crippen LogP) is 3.64. The van der Waals surface area contributed by atoms with Crippen molar-refractivity contribution >= 4 is 5.97 Å². The van der Waals surface area contributed by atoms with Crippen molar-refractivity contribution in [3.63, 3.8) is 0 Å². The van der Waals surface area contributed by atoms with Crippen molar-refractivity contribution in [3.05, 3.63) is 0 Å². The van der Waals surface area contributed by atoms with Crippen LogP contribution < -0.4 is 0 Å². The van der Waals surface area contributed by atoms with Crippen LogP contribution >= 0.6 is 0 Å². The minimum absolute atomic E-state index is 0.0880. The molecular weight excluding hydrogens is 195 g/mol. The number of hydrogen-bond acceptors (Lipinski definition) is 2. The highest BCUT2D eigenvalue weighted by Gasteiger charge is 2.00. The number of carbonyl (C=O) groups excluding carboxylic acids is 1. The number of ether oxygens (including phenoxy) is 1. The molecule has 0 heterocycles. The molecule has 15 heavy (non-hydrogen) atoms. The number of halogens is 1. The third-order valence-electron chi connectivity index (χ3n) is 2.32. The highest BCUT2D eigenvalue weighted by atomic mass is 19.1. The maximum Gasteiger partial charge on any atom is 0.305 e. The van der Waals surface area contributed by atoms with Gasteiger partial charge >= 0.3 is 5.97 Å². The summed E-state index contributed by atoms with van der Waals surface area (Å²) in [7, 11) is 0. The second kappa shape index (κ2) is 11.5. The van der Waals surface area contributed by atoms with E-state index in [0.29, 0.717) is 19.4 Å². The van der Waals surface area contributed by atoms with Crippen LogP contribution in [0.15, 0.2) is 0 Å². The van der Waals surface area contributed by atoms with Crippen LogP contribution in [0.2, 0.25) is 0 Å². The molecule has 0 saturated carbocycles. The van der Waals surface area contributed by atoms with Gasteiger partial charge in [0.05, 0.1) is 13.3 Å². The predicted molar refractivity (Wildman–Crippen MR) is 59.5 cm³/mol. The van der Waals surface area contributed by atoms with Crippen molar-refractivity contribution in [2.24, 2.45) is 0 Å². The van der Waals surface area contributed by atoms with Crippen LogP contribution in [0.3, 0.4) is 0 Å². The molecule has 0 amide bonds. The van der Waals surface area contributed by atoms with Crippen LogP contribution in [-0.2, 0) is 9.53 Å². The Morgan fingerprint density at radius 3 is 2.07 bits per heavy atom. The molecule has 0 aliphatic heterocycles. The third kappa shape index (κ3) is 11.3. The standard InChI is InChI=1S/C12H23FO2/c1-2-15-12(14)10-8-6-4-3-5-7-9-11-13/h2-11H2,1H3. The Morgan fingerprint density at radius 2 is 1.53 bits per heavy atom. The minimum atomic E-state index is -0.192. The maximum atomic E-state index is 11.7. The van der Waals surface area contributed by atoms with Gasteiger partial charge in [0.15, 0.2) is 0 Å². The Hall–Kier alpha value is -0.600. The van der Waals surface area contributed by atoms with Crippen LogP contribution in [0.4, 0.5) is 4.39 Å². The second-order valence-corrected chi connectivity index (χ2v) is 3.72. The highest BCUT2D eigenvalue weighted by molar-refractivity contribution is 5.69. The third-order valence-corrected chi connectivity index (χ3v) is 2.32. The molecular formula is C12H23FO2. The second-order valence-electron chi connectivity index (χ2n) is 3.72. The van der Waals surface area contributed by atoms with Crippen LogP contribution in [-0.4, -0.2) is 19.3 Å². The van der Waals surface area contributed by atoms with E-state index in [9.17, 15) is 9.18 Å². The lowest BCUT2D eigenvalue weighted by Gasteiger charge is -2.02. The van der Waals surface area contributed by atoms with Gasteiger partial charge in [-0.2, -0.15) is 0 Å². The molecule has 0 spiro atoms. The van der Waals surface area contributed by atoms with Gasteiger partial charge in [-0.3, -0.25) is 9.18 Å². The van der Waals surface area contributed by atoms with Crippen LogP contribution in [0, 0.1) is 0 Å².